The summed E-state index contributed by atoms with van der Waals surface area (Å²) in [6.45, 7) is 0.727. The summed E-state index contributed by atoms with van der Waals surface area (Å²) in [6.07, 6.45) is -0.626. The van der Waals surface area contributed by atoms with E-state index in [1.54, 1.807) is 0 Å². The fourth-order valence-corrected chi connectivity index (χ4v) is 2.38. The van der Waals surface area contributed by atoms with E-state index in [4.69, 9.17) is 14.7 Å². The van der Waals surface area contributed by atoms with Gasteiger partial charge in [-0.3, -0.25) is 27.1 Å². The molecule has 0 aliphatic rings. The summed E-state index contributed by atoms with van der Waals surface area (Å²) in [5.41, 5.74) is 0. The highest BCUT2D eigenvalue weighted by atomic mass is 31.2. The minimum Gasteiger partial charge on any atom is -0.302 e. The van der Waals surface area contributed by atoms with E-state index in [1.807, 2.05) is 0 Å². The molecule has 0 aromatic rings. The van der Waals surface area contributed by atoms with Crippen molar-refractivity contribution in [2.75, 3.05) is 20.7 Å². The van der Waals surface area contributed by atoms with Crippen LogP contribution in [0.15, 0.2) is 0 Å². The van der Waals surface area contributed by atoms with Gasteiger partial charge in [0.1, 0.15) is 0 Å². The number of hydrogen-bond donors (Lipinski definition) is 3. The highest BCUT2D eigenvalue weighted by Gasteiger charge is 2.28. The molecular formula is C6H17O12P3. The lowest BCUT2D eigenvalue weighted by atomic mass is 10.5. The van der Waals surface area contributed by atoms with E-state index in [2.05, 4.69) is 27.1 Å². The van der Waals surface area contributed by atoms with Gasteiger partial charge in [0, 0.05) is 7.11 Å². The Hall–Kier alpha value is 0.330. The zero-order valence-electron chi connectivity index (χ0n) is 11.3. The van der Waals surface area contributed by atoms with Crippen LogP contribution in [0.25, 0.3) is 0 Å². The average Bonchev–Trinajstić information content (AvgIpc) is 2.25. The molecule has 12 nitrogen and oxygen atoms in total. The summed E-state index contributed by atoms with van der Waals surface area (Å²) >= 11 is 0. The largest absolute Gasteiger partial charge is 0.476 e. The van der Waals surface area contributed by atoms with Crippen LogP contribution in [0.3, 0.4) is 0 Å². The van der Waals surface area contributed by atoms with Crippen LogP contribution < -0.4 is 0 Å². The van der Waals surface area contributed by atoms with Crippen molar-refractivity contribution in [3.8, 4) is 0 Å². The minimum absolute atomic E-state index is 0.626. The second-order valence-electron chi connectivity index (χ2n) is 3.49. The Morgan fingerprint density at radius 1 is 0.810 bits per heavy atom. The summed E-state index contributed by atoms with van der Waals surface area (Å²) in [5, 5.41) is 0. The van der Waals surface area contributed by atoms with Crippen LogP contribution in [-0.2, 0) is 40.8 Å². The van der Waals surface area contributed by atoms with E-state index in [0.29, 0.717) is 0 Å². The Bertz CT molecular complexity index is 448. The van der Waals surface area contributed by atoms with Crippen molar-refractivity contribution >= 4 is 23.5 Å². The Morgan fingerprint density at radius 2 is 1.19 bits per heavy atom. The minimum atomic E-state index is -4.73. The maximum Gasteiger partial charge on any atom is 0.476 e. The number of phosphoric ester groups is 3. The highest BCUT2D eigenvalue weighted by molar-refractivity contribution is 7.48. The standard InChI is InChI=1S/C6H17O12P3/c1-6(2)18-21(11,12)17-5-16-20(9,10)15-4-14-19(7,8)13-3/h6H,4-5H2,1-3H3,(H,7,8)(H,9,10)(H,11,12). The molecule has 3 N–H and O–H groups in total. The van der Waals surface area contributed by atoms with Gasteiger partial charge in [0.2, 0.25) is 0 Å². The van der Waals surface area contributed by atoms with Gasteiger partial charge in [-0.1, -0.05) is 0 Å². The lowest BCUT2D eigenvalue weighted by molar-refractivity contribution is 0.00704. The number of phosphoric acid groups is 3. The molecule has 0 aromatic heterocycles. The van der Waals surface area contributed by atoms with Gasteiger partial charge in [-0.2, -0.15) is 0 Å². The maximum absolute atomic E-state index is 11.2. The Kier molecular flexibility index (Phi) is 8.97. The molecule has 15 heteroatoms. The molecule has 21 heavy (non-hydrogen) atoms. The second kappa shape index (κ2) is 8.83. The van der Waals surface area contributed by atoms with Crippen molar-refractivity contribution in [1.82, 2.24) is 0 Å². The Morgan fingerprint density at radius 3 is 1.57 bits per heavy atom. The lowest BCUT2D eigenvalue weighted by Crippen LogP contribution is -2.06. The van der Waals surface area contributed by atoms with Crippen molar-refractivity contribution in [1.29, 1.82) is 0 Å². The van der Waals surface area contributed by atoms with Crippen molar-refractivity contribution in [3.63, 3.8) is 0 Å². The molecule has 0 heterocycles. The van der Waals surface area contributed by atoms with Crippen molar-refractivity contribution in [2.45, 2.75) is 20.0 Å². The highest BCUT2D eigenvalue weighted by Crippen LogP contribution is 2.49. The van der Waals surface area contributed by atoms with Crippen molar-refractivity contribution in [2.24, 2.45) is 0 Å². The lowest BCUT2D eigenvalue weighted by Gasteiger charge is -2.16. The first-order valence-electron chi connectivity index (χ1n) is 5.20. The van der Waals surface area contributed by atoms with Gasteiger partial charge in [0.05, 0.1) is 6.10 Å². The van der Waals surface area contributed by atoms with E-state index in [0.717, 1.165) is 7.11 Å². The summed E-state index contributed by atoms with van der Waals surface area (Å²) in [5.74, 6) is 0. The average molecular weight is 374 g/mol. The topological polar surface area (TPSA) is 167 Å². The van der Waals surface area contributed by atoms with E-state index < -0.39 is 43.2 Å². The number of hydrogen-bond acceptors (Lipinski definition) is 9. The molecule has 0 saturated carbocycles. The normalized spacial score (nSPS) is 20.7. The molecule has 0 aromatic carbocycles. The monoisotopic (exact) mass is 374 g/mol. The molecule has 3 atom stereocenters. The zero-order chi connectivity index (χ0) is 16.7. The Balaban J connectivity index is 4.12. The molecule has 0 bridgehead atoms. The smallest absolute Gasteiger partial charge is 0.302 e. The van der Waals surface area contributed by atoms with Crippen LogP contribution in [0.5, 0.6) is 0 Å². The maximum atomic E-state index is 11.2. The molecule has 0 spiro atoms. The third-order valence-electron chi connectivity index (χ3n) is 1.44. The molecule has 0 saturated heterocycles. The molecule has 128 valence electrons. The summed E-state index contributed by atoms with van der Waals surface area (Å²) in [6, 6.07) is 0. The third-order valence-corrected chi connectivity index (χ3v) is 4.31. The predicted octanol–water partition coefficient (Wildman–Crippen LogP) is 1.34. The van der Waals surface area contributed by atoms with Crippen LogP contribution >= 0.6 is 23.5 Å². The van der Waals surface area contributed by atoms with Gasteiger partial charge < -0.3 is 14.7 Å². The van der Waals surface area contributed by atoms with Gasteiger partial charge in [-0.15, -0.1) is 0 Å². The first kappa shape index (κ1) is 21.3. The van der Waals surface area contributed by atoms with Crippen LogP contribution in [-0.4, -0.2) is 41.5 Å². The quantitative estimate of drug-likeness (QED) is 0.351. The molecule has 0 rings (SSSR count). The van der Waals surface area contributed by atoms with E-state index >= 15 is 0 Å². The van der Waals surface area contributed by atoms with Gasteiger partial charge >= 0.3 is 23.5 Å². The van der Waals surface area contributed by atoms with Crippen LogP contribution in [0.2, 0.25) is 0 Å². The molecular weight excluding hydrogens is 357 g/mol. The van der Waals surface area contributed by atoms with E-state index in [9.17, 15) is 13.7 Å². The summed E-state index contributed by atoms with van der Waals surface area (Å²) < 4.78 is 58.3. The van der Waals surface area contributed by atoms with Crippen LogP contribution in [0.1, 0.15) is 13.8 Å². The van der Waals surface area contributed by atoms with Crippen LogP contribution in [0.4, 0.5) is 0 Å². The molecule has 3 unspecified atom stereocenters. The predicted molar refractivity (Wildman–Crippen MR) is 66.8 cm³/mol. The second-order valence-corrected chi connectivity index (χ2v) is 7.91. The zero-order valence-corrected chi connectivity index (χ0v) is 14.0. The van der Waals surface area contributed by atoms with Gasteiger partial charge in [-0.25, -0.2) is 13.7 Å². The Labute approximate surface area is 120 Å². The van der Waals surface area contributed by atoms with Crippen LogP contribution in [0, 0.1) is 0 Å². The first-order valence-corrected chi connectivity index (χ1v) is 9.68. The SMILES string of the molecule is COP(=O)(O)OCOP(=O)(O)OCOP(=O)(O)OC(C)C. The summed E-state index contributed by atoms with van der Waals surface area (Å²) in [7, 11) is -12.7. The van der Waals surface area contributed by atoms with Crippen molar-refractivity contribution in [3.05, 3.63) is 0 Å². The molecule has 0 amide bonds. The molecule has 0 aliphatic heterocycles. The summed E-state index contributed by atoms with van der Waals surface area (Å²) in [4.78, 5) is 27.0. The van der Waals surface area contributed by atoms with Gasteiger partial charge in [0.15, 0.2) is 13.6 Å². The molecule has 0 radical (unpaired) electrons. The fourth-order valence-electron chi connectivity index (χ4n) is 0.700. The third kappa shape index (κ3) is 11.5. The van der Waals surface area contributed by atoms with Crippen molar-refractivity contribution < 1.29 is 55.5 Å². The number of rotatable bonds is 11. The van der Waals surface area contributed by atoms with Gasteiger partial charge in [-0.05, 0) is 13.8 Å². The van der Waals surface area contributed by atoms with E-state index in [-0.39, 0.29) is 0 Å². The fraction of sp³-hybridized carbons (Fsp3) is 1.00. The molecule has 0 aliphatic carbocycles. The van der Waals surface area contributed by atoms with Gasteiger partial charge in [0.25, 0.3) is 0 Å². The first-order chi connectivity index (χ1) is 9.39. The van der Waals surface area contributed by atoms with E-state index in [1.165, 1.54) is 13.8 Å². The molecule has 0 fully saturated rings.